The maximum absolute atomic E-state index is 13.1. The number of aromatic nitrogens is 4. The molecule has 4 rings (SSSR count). The highest BCUT2D eigenvalue weighted by Gasteiger charge is 2.23. The summed E-state index contributed by atoms with van der Waals surface area (Å²) in [6.07, 6.45) is 3.13. The molecule has 0 saturated carbocycles. The number of aryl methyl sites for hydroxylation is 1. The summed E-state index contributed by atoms with van der Waals surface area (Å²) >= 11 is 12.5. The number of hydrogen-bond donors (Lipinski definition) is 1. The molecule has 0 spiro atoms. The van der Waals surface area contributed by atoms with Crippen molar-refractivity contribution in [2.24, 2.45) is 5.16 Å². The molecule has 0 fully saturated rings. The Kier molecular flexibility index (Phi) is 5.32. The molecule has 0 radical (unpaired) electrons. The predicted molar refractivity (Wildman–Crippen MR) is 107 cm³/mol. The van der Waals surface area contributed by atoms with E-state index in [9.17, 15) is 4.79 Å². The van der Waals surface area contributed by atoms with Crippen molar-refractivity contribution >= 4 is 40.7 Å². The minimum Gasteiger partial charge on any atom is -0.471 e. The molecule has 1 amide bonds. The average molecular weight is 433 g/mol. The van der Waals surface area contributed by atoms with E-state index in [0.717, 1.165) is 0 Å². The van der Waals surface area contributed by atoms with Crippen molar-refractivity contribution in [1.82, 2.24) is 19.7 Å². The Bertz CT molecular complexity index is 1100. The number of ether oxygens (including phenoxy) is 1. The van der Waals surface area contributed by atoms with Gasteiger partial charge in [-0.2, -0.15) is 9.78 Å². The van der Waals surface area contributed by atoms with Crippen molar-refractivity contribution in [2.75, 3.05) is 18.5 Å². The Balaban J connectivity index is 1.73. The highest BCUT2D eigenvalue weighted by Crippen LogP contribution is 2.32. The Morgan fingerprint density at radius 2 is 1.97 bits per heavy atom. The van der Waals surface area contributed by atoms with Gasteiger partial charge in [0.1, 0.15) is 12.3 Å². The fourth-order valence-electron chi connectivity index (χ4n) is 2.69. The number of hydrogen-bond acceptors (Lipinski definition) is 7. The number of oxime groups is 1. The van der Waals surface area contributed by atoms with Crippen LogP contribution < -0.4 is 5.32 Å². The third-order valence-corrected chi connectivity index (χ3v) is 4.41. The Morgan fingerprint density at radius 1 is 1.17 bits per heavy atom. The molecule has 0 bridgehead atoms. The van der Waals surface area contributed by atoms with Gasteiger partial charge in [0.05, 0.1) is 22.0 Å². The zero-order valence-corrected chi connectivity index (χ0v) is 16.6. The summed E-state index contributed by atoms with van der Waals surface area (Å²) in [4.78, 5) is 26.4. The number of anilines is 1. The standard InChI is InChI=1S/C18H14Cl2N6O3/c1-10-7-14(26(24-10)18-21-3-2-4-22-18)16(27)23-15-12(8-11(19)9-13(15)20)17-25-29-6-5-28-17/h2-4,7-9H,5-6H2,1H3,(H,23,27). The van der Waals surface area contributed by atoms with Gasteiger partial charge in [-0.15, -0.1) is 0 Å². The number of halogens is 2. The van der Waals surface area contributed by atoms with Crippen LogP contribution in [0.3, 0.4) is 0 Å². The maximum atomic E-state index is 13.1. The van der Waals surface area contributed by atoms with Crippen LogP contribution in [0.5, 0.6) is 0 Å². The molecule has 1 aromatic carbocycles. The molecular weight excluding hydrogens is 419 g/mol. The number of amides is 1. The van der Waals surface area contributed by atoms with E-state index in [-0.39, 0.29) is 28.3 Å². The lowest BCUT2D eigenvalue weighted by molar-refractivity contribution is 0.0656. The second-order valence-corrected chi connectivity index (χ2v) is 6.82. The van der Waals surface area contributed by atoms with Crippen molar-refractivity contribution in [3.63, 3.8) is 0 Å². The highest BCUT2D eigenvalue weighted by molar-refractivity contribution is 6.38. The van der Waals surface area contributed by atoms with Crippen molar-refractivity contribution in [3.8, 4) is 5.95 Å². The lowest BCUT2D eigenvalue weighted by Crippen LogP contribution is -2.22. The first kappa shape index (κ1) is 19.2. The lowest BCUT2D eigenvalue weighted by Gasteiger charge is -2.18. The van der Waals surface area contributed by atoms with E-state index in [1.165, 1.54) is 10.7 Å². The fraction of sp³-hybridized carbons (Fsp3) is 0.167. The Hall–Kier alpha value is -3.17. The first-order valence-electron chi connectivity index (χ1n) is 8.50. The number of nitrogens with zero attached hydrogens (tertiary/aromatic N) is 5. The Morgan fingerprint density at radius 3 is 2.69 bits per heavy atom. The van der Waals surface area contributed by atoms with Gasteiger partial charge in [-0.3, -0.25) is 4.79 Å². The van der Waals surface area contributed by atoms with Crippen LogP contribution in [0, 0.1) is 6.92 Å². The average Bonchev–Trinajstić information content (AvgIpc) is 3.13. The van der Waals surface area contributed by atoms with Crippen LogP contribution in [-0.2, 0) is 9.57 Å². The van der Waals surface area contributed by atoms with Crippen LogP contribution >= 0.6 is 23.2 Å². The molecular formula is C18H14Cl2N6O3. The molecule has 9 nitrogen and oxygen atoms in total. The van der Waals surface area contributed by atoms with Crippen molar-refractivity contribution < 1.29 is 14.4 Å². The molecule has 1 aliphatic rings. The molecule has 0 atom stereocenters. The molecule has 148 valence electrons. The van der Waals surface area contributed by atoms with Gasteiger partial charge in [0.15, 0.2) is 6.61 Å². The van der Waals surface area contributed by atoms with Crippen molar-refractivity contribution in [3.05, 3.63) is 63.7 Å². The molecule has 0 saturated heterocycles. The van der Waals surface area contributed by atoms with Gasteiger partial charge in [0, 0.05) is 17.4 Å². The summed E-state index contributed by atoms with van der Waals surface area (Å²) in [5.41, 5.74) is 1.53. The van der Waals surface area contributed by atoms with Gasteiger partial charge >= 0.3 is 0 Å². The van der Waals surface area contributed by atoms with Crippen LogP contribution in [0.1, 0.15) is 21.7 Å². The monoisotopic (exact) mass is 432 g/mol. The third-order valence-electron chi connectivity index (χ3n) is 3.89. The summed E-state index contributed by atoms with van der Waals surface area (Å²) in [6, 6.07) is 6.38. The van der Waals surface area contributed by atoms with E-state index in [0.29, 0.717) is 29.5 Å². The zero-order valence-electron chi connectivity index (χ0n) is 15.1. The fourth-order valence-corrected chi connectivity index (χ4v) is 3.23. The van der Waals surface area contributed by atoms with Crippen LogP contribution in [-0.4, -0.2) is 44.8 Å². The van der Waals surface area contributed by atoms with Gasteiger partial charge in [0.2, 0.25) is 0 Å². The molecule has 2 aromatic heterocycles. The minimum atomic E-state index is -0.471. The second-order valence-electron chi connectivity index (χ2n) is 5.97. The quantitative estimate of drug-likeness (QED) is 0.678. The molecule has 1 N–H and O–H groups in total. The van der Waals surface area contributed by atoms with E-state index in [4.69, 9.17) is 32.8 Å². The minimum absolute atomic E-state index is 0.173. The normalized spacial score (nSPS) is 13.3. The molecule has 0 aliphatic carbocycles. The van der Waals surface area contributed by atoms with E-state index in [1.54, 1.807) is 37.5 Å². The number of carbonyl (C=O) groups is 1. The third kappa shape index (κ3) is 4.01. The lowest BCUT2D eigenvalue weighted by atomic mass is 10.1. The summed E-state index contributed by atoms with van der Waals surface area (Å²) in [6.45, 7) is 2.40. The highest BCUT2D eigenvalue weighted by atomic mass is 35.5. The zero-order chi connectivity index (χ0) is 20.4. The smallest absolute Gasteiger partial charge is 0.274 e. The number of rotatable bonds is 4. The van der Waals surface area contributed by atoms with Crippen LogP contribution in [0.15, 0.2) is 41.8 Å². The largest absolute Gasteiger partial charge is 0.471 e. The summed E-state index contributed by atoms with van der Waals surface area (Å²) in [5.74, 6) is -0.0329. The topological polar surface area (TPSA) is 104 Å². The van der Waals surface area contributed by atoms with Crippen LogP contribution in [0.4, 0.5) is 5.69 Å². The molecule has 3 heterocycles. The first-order valence-corrected chi connectivity index (χ1v) is 9.26. The molecule has 11 heteroatoms. The van der Waals surface area contributed by atoms with Gasteiger partial charge in [-0.05, 0) is 36.3 Å². The Labute approximate surface area is 175 Å². The van der Waals surface area contributed by atoms with Crippen molar-refractivity contribution in [1.29, 1.82) is 0 Å². The number of benzene rings is 1. The van der Waals surface area contributed by atoms with E-state index >= 15 is 0 Å². The maximum Gasteiger partial charge on any atom is 0.274 e. The first-order chi connectivity index (χ1) is 14.0. The molecule has 29 heavy (non-hydrogen) atoms. The second kappa shape index (κ2) is 8.06. The van der Waals surface area contributed by atoms with Crippen LogP contribution in [0.2, 0.25) is 10.0 Å². The van der Waals surface area contributed by atoms with E-state index in [2.05, 4.69) is 25.5 Å². The van der Waals surface area contributed by atoms with E-state index in [1.807, 2.05) is 0 Å². The molecule has 1 aliphatic heterocycles. The van der Waals surface area contributed by atoms with Gasteiger partial charge in [-0.1, -0.05) is 23.2 Å². The van der Waals surface area contributed by atoms with Crippen LogP contribution in [0.25, 0.3) is 5.95 Å². The summed E-state index contributed by atoms with van der Waals surface area (Å²) < 4.78 is 6.87. The number of nitrogens with one attached hydrogen (secondary N) is 1. The van der Waals surface area contributed by atoms with Gasteiger partial charge in [-0.25, -0.2) is 9.97 Å². The molecule has 3 aromatic rings. The SMILES string of the molecule is Cc1cc(C(=O)Nc2c(Cl)cc(Cl)cc2C2=NOCCO2)n(-c2ncccn2)n1. The predicted octanol–water partition coefficient (Wildman–Crippen LogP) is 3.24. The summed E-state index contributed by atoms with van der Waals surface area (Å²) in [5, 5.41) is 11.5. The molecule has 0 unspecified atom stereocenters. The van der Waals surface area contributed by atoms with Crippen molar-refractivity contribution in [2.45, 2.75) is 6.92 Å². The van der Waals surface area contributed by atoms with Gasteiger partial charge < -0.3 is 14.9 Å². The van der Waals surface area contributed by atoms with Gasteiger partial charge in [0.25, 0.3) is 17.8 Å². The van der Waals surface area contributed by atoms with E-state index < -0.39 is 5.91 Å². The summed E-state index contributed by atoms with van der Waals surface area (Å²) in [7, 11) is 0. The number of carbonyl (C=O) groups excluding carboxylic acids is 1.